The van der Waals surface area contributed by atoms with Gasteiger partial charge in [0.15, 0.2) is 6.54 Å². The van der Waals surface area contributed by atoms with Crippen molar-refractivity contribution < 1.29 is 14.4 Å². The minimum Gasteiger partial charge on any atom is -0.477 e. The molecule has 0 unspecified atom stereocenters. The average Bonchev–Trinajstić information content (AvgIpc) is 1.85. The van der Waals surface area contributed by atoms with Crippen LogP contribution >= 0.6 is 0 Å². The molecule has 1 rings (SSSR count). The predicted octanol–water partition coefficient (Wildman–Crippen LogP) is -0.879. The fourth-order valence-electron chi connectivity index (χ4n) is 1.42. The molecule has 0 saturated carbocycles. The van der Waals surface area contributed by atoms with Crippen molar-refractivity contribution in [3.8, 4) is 0 Å². The molecule has 1 fully saturated rings. The molecule has 1 aliphatic rings. The van der Waals surface area contributed by atoms with E-state index in [1.807, 2.05) is 7.05 Å². The van der Waals surface area contributed by atoms with E-state index in [-0.39, 0.29) is 6.54 Å². The number of hydrogen-bond donors (Lipinski definition) is 2. The zero-order chi connectivity index (χ0) is 8.32. The van der Waals surface area contributed by atoms with E-state index >= 15 is 0 Å². The van der Waals surface area contributed by atoms with Gasteiger partial charge < -0.3 is 14.9 Å². The highest BCUT2D eigenvalue weighted by Gasteiger charge is 2.26. The number of hydrogen-bond acceptors (Lipinski definition) is 2. The van der Waals surface area contributed by atoms with Gasteiger partial charge in [0, 0.05) is 13.1 Å². The van der Waals surface area contributed by atoms with Crippen molar-refractivity contribution in [2.24, 2.45) is 0 Å². The fourth-order valence-corrected chi connectivity index (χ4v) is 1.42. The van der Waals surface area contributed by atoms with Crippen LogP contribution in [0.3, 0.4) is 0 Å². The van der Waals surface area contributed by atoms with Gasteiger partial charge in [-0.2, -0.15) is 0 Å². The molecule has 0 atom stereocenters. The largest absolute Gasteiger partial charge is 0.477 e. The summed E-state index contributed by atoms with van der Waals surface area (Å²) < 4.78 is 0.669. The molecule has 0 aliphatic carbocycles. The molecule has 0 amide bonds. The van der Waals surface area contributed by atoms with Gasteiger partial charge in [-0.05, 0) is 0 Å². The molecular weight excluding hydrogens is 144 g/mol. The van der Waals surface area contributed by atoms with Crippen LogP contribution in [0.25, 0.3) is 0 Å². The summed E-state index contributed by atoms with van der Waals surface area (Å²) in [6, 6.07) is 0. The number of rotatable bonds is 2. The maximum atomic E-state index is 10.4. The van der Waals surface area contributed by atoms with Gasteiger partial charge in [-0.1, -0.05) is 0 Å². The Kier molecular flexibility index (Phi) is 2.46. The molecular formula is C7H15N2O2+. The SMILES string of the molecule is C[N+]1(CC(=O)O)CCNCC1. The summed E-state index contributed by atoms with van der Waals surface area (Å²) >= 11 is 0. The summed E-state index contributed by atoms with van der Waals surface area (Å²) in [6.07, 6.45) is 0. The molecule has 0 spiro atoms. The number of likely N-dealkylation sites (N-methyl/N-ethyl adjacent to an activating group) is 1. The number of quaternary nitrogens is 1. The van der Waals surface area contributed by atoms with Crippen LogP contribution in [0.4, 0.5) is 0 Å². The lowest BCUT2D eigenvalue weighted by Crippen LogP contribution is -2.57. The first-order valence-corrected chi connectivity index (χ1v) is 3.88. The van der Waals surface area contributed by atoms with Gasteiger partial charge in [-0.3, -0.25) is 0 Å². The van der Waals surface area contributed by atoms with Gasteiger partial charge in [-0.25, -0.2) is 4.79 Å². The van der Waals surface area contributed by atoms with Crippen LogP contribution in [0.15, 0.2) is 0 Å². The first-order valence-electron chi connectivity index (χ1n) is 3.88. The van der Waals surface area contributed by atoms with Crippen molar-refractivity contribution in [3.05, 3.63) is 0 Å². The summed E-state index contributed by atoms with van der Waals surface area (Å²) in [7, 11) is 2.00. The second-order valence-electron chi connectivity index (χ2n) is 3.37. The Hall–Kier alpha value is -0.610. The lowest BCUT2D eigenvalue weighted by Gasteiger charge is -2.36. The van der Waals surface area contributed by atoms with Gasteiger partial charge in [-0.15, -0.1) is 0 Å². The smallest absolute Gasteiger partial charge is 0.359 e. The maximum Gasteiger partial charge on any atom is 0.359 e. The minimum absolute atomic E-state index is 0.252. The Labute approximate surface area is 66.4 Å². The Morgan fingerprint density at radius 2 is 2.09 bits per heavy atom. The first kappa shape index (κ1) is 8.49. The summed E-state index contributed by atoms with van der Waals surface area (Å²) in [5.41, 5.74) is 0. The number of nitrogens with one attached hydrogen (secondary N) is 1. The van der Waals surface area contributed by atoms with Gasteiger partial charge in [0.2, 0.25) is 0 Å². The van der Waals surface area contributed by atoms with Gasteiger partial charge in [0.05, 0.1) is 20.1 Å². The lowest BCUT2D eigenvalue weighted by molar-refractivity contribution is -0.904. The van der Waals surface area contributed by atoms with Crippen LogP contribution in [0, 0.1) is 0 Å². The summed E-state index contributed by atoms with van der Waals surface area (Å²) in [4.78, 5) is 10.4. The Morgan fingerprint density at radius 3 is 2.55 bits per heavy atom. The summed E-state index contributed by atoms with van der Waals surface area (Å²) in [5.74, 6) is -0.700. The first-order chi connectivity index (χ1) is 5.12. The molecule has 4 nitrogen and oxygen atoms in total. The van der Waals surface area contributed by atoms with E-state index in [1.54, 1.807) is 0 Å². The average molecular weight is 159 g/mol. The maximum absolute atomic E-state index is 10.4. The topological polar surface area (TPSA) is 49.3 Å². The van der Waals surface area contributed by atoms with Gasteiger partial charge in [0.25, 0.3) is 0 Å². The minimum atomic E-state index is -0.700. The highest BCUT2D eigenvalue weighted by molar-refractivity contribution is 5.67. The normalized spacial score (nSPS) is 23.0. The van der Waals surface area contributed by atoms with Crippen LogP contribution < -0.4 is 5.32 Å². The van der Waals surface area contributed by atoms with Crippen LogP contribution in [0.5, 0.6) is 0 Å². The molecule has 0 aromatic heterocycles. The van der Waals surface area contributed by atoms with E-state index in [4.69, 9.17) is 5.11 Å². The molecule has 1 aliphatic heterocycles. The predicted molar refractivity (Wildman–Crippen MR) is 41.3 cm³/mol. The van der Waals surface area contributed by atoms with Crippen molar-refractivity contribution in [1.29, 1.82) is 0 Å². The third kappa shape index (κ3) is 2.48. The van der Waals surface area contributed by atoms with Gasteiger partial charge in [0.1, 0.15) is 0 Å². The van der Waals surface area contributed by atoms with Crippen molar-refractivity contribution in [1.82, 2.24) is 5.32 Å². The number of piperazine rings is 1. The van der Waals surface area contributed by atoms with Crippen molar-refractivity contribution in [3.63, 3.8) is 0 Å². The van der Waals surface area contributed by atoms with Crippen molar-refractivity contribution in [2.45, 2.75) is 0 Å². The molecule has 0 aromatic carbocycles. The van der Waals surface area contributed by atoms with E-state index in [0.717, 1.165) is 26.2 Å². The van der Waals surface area contributed by atoms with Crippen molar-refractivity contribution >= 4 is 5.97 Å². The van der Waals surface area contributed by atoms with E-state index in [2.05, 4.69) is 5.32 Å². The highest BCUT2D eigenvalue weighted by Crippen LogP contribution is 2.03. The summed E-state index contributed by atoms with van der Waals surface area (Å²) in [6.45, 7) is 3.97. The second-order valence-corrected chi connectivity index (χ2v) is 3.37. The molecule has 2 N–H and O–H groups in total. The van der Waals surface area contributed by atoms with E-state index in [0.29, 0.717) is 4.48 Å². The molecule has 1 heterocycles. The number of carboxylic acid groups (broad SMARTS) is 1. The number of carboxylic acids is 1. The number of nitrogens with zero attached hydrogens (tertiary/aromatic N) is 1. The molecule has 0 aromatic rings. The van der Waals surface area contributed by atoms with Crippen LogP contribution in [0.1, 0.15) is 0 Å². The molecule has 11 heavy (non-hydrogen) atoms. The Balaban J connectivity index is 2.43. The zero-order valence-electron chi connectivity index (χ0n) is 6.84. The monoisotopic (exact) mass is 159 g/mol. The number of aliphatic carboxylic acids is 1. The van der Waals surface area contributed by atoms with Crippen molar-refractivity contribution in [2.75, 3.05) is 39.8 Å². The molecule has 1 saturated heterocycles. The third-order valence-electron chi connectivity index (χ3n) is 2.17. The standard InChI is InChI=1S/C7H14N2O2/c1-9(6-7(10)11)4-2-8-3-5-9/h8H,2-6H2,1H3/p+1. The van der Waals surface area contributed by atoms with E-state index in [9.17, 15) is 4.79 Å². The highest BCUT2D eigenvalue weighted by atomic mass is 16.4. The Morgan fingerprint density at radius 1 is 1.55 bits per heavy atom. The quantitative estimate of drug-likeness (QED) is 0.514. The third-order valence-corrected chi connectivity index (χ3v) is 2.17. The zero-order valence-corrected chi connectivity index (χ0v) is 6.84. The van der Waals surface area contributed by atoms with Crippen LogP contribution in [-0.4, -0.2) is 55.3 Å². The lowest BCUT2D eigenvalue weighted by atomic mass is 10.3. The molecule has 0 radical (unpaired) electrons. The van der Waals surface area contributed by atoms with E-state index < -0.39 is 5.97 Å². The Bertz CT molecular complexity index is 153. The summed E-state index contributed by atoms with van der Waals surface area (Å²) in [5, 5.41) is 11.8. The van der Waals surface area contributed by atoms with E-state index in [1.165, 1.54) is 0 Å². The molecule has 64 valence electrons. The molecule has 4 heteroatoms. The number of carbonyl (C=O) groups is 1. The van der Waals surface area contributed by atoms with Crippen LogP contribution in [0.2, 0.25) is 0 Å². The fraction of sp³-hybridized carbons (Fsp3) is 0.857. The van der Waals surface area contributed by atoms with Crippen LogP contribution in [-0.2, 0) is 4.79 Å². The second kappa shape index (κ2) is 3.19. The van der Waals surface area contributed by atoms with Gasteiger partial charge >= 0.3 is 5.97 Å². The molecule has 0 bridgehead atoms.